The van der Waals surface area contributed by atoms with Crippen LogP contribution in [0.5, 0.6) is 0 Å². The summed E-state index contributed by atoms with van der Waals surface area (Å²) in [5.41, 5.74) is 1.45. The van der Waals surface area contributed by atoms with Crippen LogP contribution in [0.2, 0.25) is 0 Å². The number of anilines is 1. The molecule has 0 aliphatic carbocycles. The molecule has 3 rings (SSSR count). The summed E-state index contributed by atoms with van der Waals surface area (Å²) in [5, 5.41) is 2.90. The molecule has 4 nitrogen and oxygen atoms in total. The van der Waals surface area contributed by atoms with Crippen molar-refractivity contribution in [1.29, 1.82) is 0 Å². The second-order valence-electron chi connectivity index (χ2n) is 5.70. The van der Waals surface area contributed by atoms with E-state index in [1.807, 2.05) is 23.1 Å². The van der Waals surface area contributed by atoms with Gasteiger partial charge in [-0.15, -0.1) is 11.8 Å². The SMILES string of the molecule is CC1CCCCN1C(=O)c1ccc2c(c1)NC(=O)CCS2. The average Bonchev–Trinajstić information content (AvgIpc) is 2.66. The van der Waals surface area contributed by atoms with Crippen molar-refractivity contribution < 1.29 is 9.59 Å². The number of thioether (sulfide) groups is 1. The van der Waals surface area contributed by atoms with E-state index in [0.717, 1.165) is 35.7 Å². The van der Waals surface area contributed by atoms with Crippen molar-refractivity contribution in [3.63, 3.8) is 0 Å². The van der Waals surface area contributed by atoms with Crippen LogP contribution >= 0.6 is 11.8 Å². The van der Waals surface area contributed by atoms with Crippen LogP contribution in [-0.4, -0.2) is 35.1 Å². The highest BCUT2D eigenvalue weighted by Gasteiger charge is 2.25. The molecule has 21 heavy (non-hydrogen) atoms. The van der Waals surface area contributed by atoms with Gasteiger partial charge in [-0.1, -0.05) is 0 Å². The zero-order chi connectivity index (χ0) is 14.8. The van der Waals surface area contributed by atoms with Crippen molar-refractivity contribution in [2.24, 2.45) is 0 Å². The Morgan fingerprint density at radius 1 is 1.38 bits per heavy atom. The molecule has 1 saturated heterocycles. The third-order valence-electron chi connectivity index (χ3n) is 4.15. The zero-order valence-corrected chi connectivity index (χ0v) is 13.0. The van der Waals surface area contributed by atoms with Gasteiger partial charge >= 0.3 is 0 Å². The van der Waals surface area contributed by atoms with Gasteiger partial charge in [0.1, 0.15) is 0 Å². The Morgan fingerprint density at radius 3 is 3.05 bits per heavy atom. The van der Waals surface area contributed by atoms with Crippen LogP contribution in [0.15, 0.2) is 23.1 Å². The molecule has 0 spiro atoms. The fourth-order valence-corrected chi connectivity index (χ4v) is 3.86. The summed E-state index contributed by atoms with van der Waals surface area (Å²) in [4.78, 5) is 27.3. The fourth-order valence-electron chi connectivity index (χ4n) is 2.92. The summed E-state index contributed by atoms with van der Waals surface area (Å²) in [6, 6.07) is 5.96. The molecule has 1 atom stereocenters. The van der Waals surface area contributed by atoms with E-state index in [4.69, 9.17) is 0 Å². The number of hydrogen-bond acceptors (Lipinski definition) is 3. The molecular weight excluding hydrogens is 284 g/mol. The van der Waals surface area contributed by atoms with E-state index in [9.17, 15) is 9.59 Å². The minimum Gasteiger partial charge on any atom is -0.336 e. The lowest BCUT2D eigenvalue weighted by molar-refractivity contribution is -0.115. The Balaban J connectivity index is 1.85. The van der Waals surface area contributed by atoms with Gasteiger partial charge in [-0.3, -0.25) is 9.59 Å². The van der Waals surface area contributed by atoms with Gasteiger partial charge in [0, 0.05) is 35.2 Å². The molecule has 2 amide bonds. The maximum absolute atomic E-state index is 12.7. The summed E-state index contributed by atoms with van der Waals surface area (Å²) in [5.74, 6) is 0.889. The lowest BCUT2D eigenvalue weighted by Gasteiger charge is -2.33. The van der Waals surface area contributed by atoms with Gasteiger partial charge < -0.3 is 10.2 Å². The van der Waals surface area contributed by atoms with Crippen molar-refractivity contribution in [2.75, 3.05) is 17.6 Å². The van der Waals surface area contributed by atoms with Gasteiger partial charge in [0.2, 0.25) is 5.91 Å². The number of piperidine rings is 1. The second-order valence-corrected chi connectivity index (χ2v) is 6.84. The Morgan fingerprint density at radius 2 is 2.24 bits per heavy atom. The maximum Gasteiger partial charge on any atom is 0.254 e. The molecule has 0 bridgehead atoms. The molecule has 1 fully saturated rings. The Kier molecular flexibility index (Phi) is 4.19. The number of benzene rings is 1. The predicted molar refractivity (Wildman–Crippen MR) is 84.8 cm³/mol. The average molecular weight is 304 g/mol. The van der Waals surface area contributed by atoms with Crippen LogP contribution < -0.4 is 5.32 Å². The molecule has 112 valence electrons. The van der Waals surface area contributed by atoms with Gasteiger partial charge in [0.15, 0.2) is 0 Å². The highest BCUT2D eigenvalue weighted by molar-refractivity contribution is 7.99. The molecule has 2 aliphatic rings. The topological polar surface area (TPSA) is 49.4 Å². The minimum absolute atomic E-state index is 0.0252. The number of rotatable bonds is 1. The van der Waals surface area contributed by atoms with Crippen molar-refractivity contribution in [2.45, 2.75) is 43.5 Å². The summed E-state index contributed by atoms with van der Waals surface area (Å²) < 4.78 is 0. The molecule has 0 radical (unpaired) electrons. The van der Waals surface area contributed by atoms with E-state index in [-0.39, 0.29) is 11.8 Å². The van der Waals surface area contributed by atoms with Crippen molar-refractivity contribution in [3.8, 4) is 0 Å². The highest BCUT2D eigenvalue weighted by Crippen LogP contribution is 2.32. The smallest absolute Gasteiger partial charge is 0.254 e. The Hall–Kier alpha value is -1.49. The van der Waals surface area contributed by atoms with Gasteiger partial charge in [0.05, 0.1) is 5.69 Å². The molecule has 1 aromatic carbocycles. The molecule has 1 aromatic rings. The fraction of sp³-hybridized carbons (Fsp3) is 0.500. The van der Waals surface area contributed by atoms with E-state index in [1.54, 1.807) is 11.8 Å². The number of hydrogen-bond donors (Lipinski definition) is 1. The molecule has 2 aliphatic heterocycles. The predicted octanol–water partition coefficient (Wildman–Crippen LogP) is 3.14. The van der Waals surface area contributed by atoms with Gasteiger partial charge in [-0.25, -0.2) is 0 Å². The number of nitrogens with one attached hydrogen (secondary N) is 1. The van der Waals surface area contributed by atoms with Crippen molar-refractivity contribution >= 4 is 29.3 Å². The summed E-state index contributed by atoms with van der Waals surface area (Å²) in [7, 11) is 0. The largest absolute Gasteiger partial charge is 0.336 e. The third-order valence-corrected chi connectivity index (χ3v) is 5.23. The molecular formula is C16H20N2O2S. The molecule has 2 heterocycles. The monoisotopic (exact) mass is 304 g/mol. The van der Waals surface area contributed by atoms with E-state index in [1.165, 1.54) is 6.42 Å². The normalized spacial score (nSPS) is 22.2. The van der Waals surface area contributed by atoms with Crippen LogP contribution in [0.4, 0.5) is 5.69 Å². The van der Waals surface area contributed by atoms with E-state index >= 15 is 0 Å². The van der Waals surface area contributed by atoms with Crippen molar-refractivity contribution in [1.82, 2.24) is 4.90 Å². The highest BCUT2D eigenvalue weighted by atomic mass is 32.2. The first-order chi connectivity index (χ1) is 10.1. The number of fused-ring (bicyclic) bond motifs is 1. The standard InChI is InChI=1S/C16H20N2O2S/c1-11-4-2-3-8-18(11)16(20)12-5-6-14-13(10-12)17-15(19)7-9-21-14/h5-6,10-11H,2-4,7-9H2,1H3,(H,17,19). The number of carbonyl (C=O) groups excluding carboxylic acids is 2. The van der Waals surface area contributed by atoms with Crippen LogP contribution in [0, 0.1) is 0 Å². The maximum atomic E-state index is 12.7. The first-order valence-electron chi connectivity index (χ1n) is 7.53. The zero-order valence-electron chi connectivity index (χ0n) is 12.2. The van der Waals surface area contributed by atoms with E-state index < -0.39 is 0 Å². The lowest BCUT2D eigenvalue weighted by atomic mass is 10.0. The Labute approximate surface area is 129 Å². The second kappa shape index (κ2) is 6.10. The van der Waals surface area contributed by atoms with E-state index in [0.29, 0.717) is 18.0 Å². The van der Waals surface area contributed by atoms with Gasteiger partial charge in [0.25, 0.3) is 5.91 Å². The Bertz CT molecular complexity index is 573. The number of nitrogens with zero attached hydrogens (tertiary/aromatic N) is 1. The van der Waals surface area contributed by atoms with Crippen LogP contribution in [-0.2, 0) is 4.79 Å². The first kappa shape index (κ1) is 14.4. The van der Waals surface area contributed by atoms with Gasteiger partial charge in [-0.2, -0.15) is 0 Å². The number of carbonyl (C=O) groups is 2. The number of likely N-dealkylation sites (tertiary alicyclic amines) is 1. The molecule has 0 saturated carbocycles. The molecule has 5 heteroatoms. The molecule has 0 aromatic heterocycles. The lowest BCUT2D eigenvalue weighted by Crippen LogP contribution is -2.42. The number of amides is 2. The quantitative estimate of drug-likeness (QED) is 0.867. The van der Waals surface area contributed by atoms with Crippen molar-refractivity contribution in [3.05, 3.63) is 23.8 Å². The molecule has 1 N–H and O–H groups in total. The third kappa shape index (κ3) is 3.07. The van der Waals surface area contributed by atoms with Crippen LogP contribution in [0.1, 0.15) is 43.0 Å². The summed E-state index contributed by atoms with van der Waals surface area (Å²) in [6.45, 7) is 2.94. The van der Waals surface area contributed by atoms with Crippen LogP contribution in [0.3, 0.4) is 0 Å². The first-order valence-corrected chi connectivity index (χ1v) is 8.51. The minimum atomic E-state index is 0.0252. The summed E-state index contributed by atoms with van der Waals surface area (Å²) in [6.07, 6.45) is 3.87. The van der Waals surface area contributed by atoms with Gasteiger partial charge in [-0.05, 0) is 44.4 Å². The van der Waals surface area contributed by atoms with Crippen LogP contribution in [0.25, 0.3) is 0 Å². The van der Waals surface area contributed by atoms with E-state index in [2.05, 4.69) is 12.2 Å². The summed E-state index contributed by atoms with van der Waals surface area (Å²) >= 11 is 1.66. The molecule has 1 unspecified atom stereocenters.